The Balaban J connectivity index is 2.47. The van der Waals surface area contributed by atoms with E-state index in [1.807, 2.05) is 0 Å². The number of amides is 2. The van der Waals surface area contributed by atoms with Crippen LogP contribution in [0.2, 0.25) is 0 Å². The summed E-state index contributed by atoms with van der Waals surface area (Å²) < 4.78 is 0. The van der Waals surface area contributed by atoms with Crippen LogP contribution >= 0.6 is 11.8 Å². The lowest BCUT2D eigenvalue weighted by Crippen LogP contribution is -2.48. The Kier molecular flexibility index (Phi) is 3.38. The molecule has 94 valence electrons. The zero-order valence-corrected chi connectivity index (χ0v) is 10.6. The van der Waals surface area contributed by atoms with Gasteiger partial charge in [0.25, 0.3) is 0 Å². The molecule has 2 N–H and O–H groups in total. The Morgan fingerprint density at radius 3 is 2.89 bits per heavy atom. The van der Waals surface area contributed by atoms with E-state index in [-0.39, 0.29) is 11.7 Å². The molecule has 2 amide bonds. The summed E-state index contributed by atoms with van der Waals surface area (Å²) >= 11 is 1.36. The Morgan fingerprint density at radius 2 is 2.28 bits per heavy atom. The molecule has 0 fully saturated rings. The first-order chi connectivity index (χ1) is 8.54. The summed E-state index contributed by atoms with van der Waals surface area (Å²) in [6.45, 7) is 1.59. The molecule has 0 aromatic heterocycles. The van der Waals surface area contributed by atoms with E-state index >= 15 is 0 Å². The number of carbonyl (C=O) groups is 3. The fourth-order valence-electron chi connectivity index (χ4n) is 1.81. The minimum Gasteiger partial charge on any atom is -0.368 e. The predicted molar refractivity (Wildman–Crippen MR) is 68.7 cm³/mol. The zero-order chi connectivity index (χ0) is 13.3. The number of anilines is 1. The van der Waals surface area contributed by atoms with E-state index in [0.29, 0.717) is 11.3 Å². The van der Waals surface area contributed by atoms with Gasteiger partial charge in [0, 0.05) is 10.5 Å². The molecule has 1 aliphatic rings. The van der Waals surface area contributed by atoms with Gasteiger partial charge in [0.1, 0.15) is 12.3 Å². The number of hydrogen-bond acceptors (Lipinski definition) is 4. The smallest absolute Gasteiger partial charge is 0.240 e. The second kappa shape index (κ2) is 4.81. The quantitative estimate of drug-likeness (QED) is 0.819. The molecule has 1 atom stereocenters. The van der Waals surface area contributed by atoms with Crippen LogP contribution in [0.5, 0.6) is 0 Å². The maximum atomic E-state index is 11.9. The van der Waals surface area contributed by atoms with Gasteiger partial charge in [-0.25, -0.2) is 0 Å². The average Bonchev–Trinajstić information content (AvgIpc) is 2.37. The van der Waals surface area contributed by atoms with Gasteiger partial charge in [-0.05, 0) is 25.1 Å². The summed E-state index contributed by atoms with van der Waals surface area (Å²) in [5.41, 5.74) is 6.42. The molecular weight excluding hydrogens is 252 g/mol. The lowest BCUT2D eigenvalue weighted by molar-refractivity contribution is -0.123. The molecule has 1 unspecified atom stereocenters. The van der Waals surface area contributed by atoms with Gasteiger partial charge in [0.05, 0.1) is 11.4 Å². The highest BCUT2D eigenvalue weighted by molar-refractivity contribution is 8.00. The first-order valence-corrected chi connectivity index (χ1v) is 6.36. The molecule has 1 aliphatic heterocycles. The molecule has 0 aliphatic carbocycles. The van der Waals surface area contributed by atoms with E-state index < -0.39 is 11.9 Å². The lowest BCUT2D eigenvalue weighted by atomic mass is 10.1. The van der Waals surface area contributed by atoms with Crippen molar-refractivity contribution in [1.29, 1.82) is 0 Å². The number of nitrogens with two attached hydrogens (primary N) is 1. The summed E-state index contributed by atoms with van der Waals surface area (Å²) in [5, 5.41) is 0. The highest BCUT2D eigenvalue weighted by atomic mass is 32.2. The Morgan fingerprint density at radius 1 is 1.56 bits per heavy atom. The fourth-order valence-corrected chi connectivity index (χ4v) is 2.77. The van der Waals surface area contributed by atoms with E-state index in [9.17, 15) is 14.4 Å². The number of benzene rings is 1. The summed E-state index contributed by atoms with van der Waals surface area (Å²) in [5.74, 6) is -0.467. The third-order valence-corrected chi connectivity index (χ3v) is 3.83. The average molecular weight is 264 g/mol. The Hall–Kier alpha value is -1.82. The molecule has 0 saturated heterocycles. The van der Waals surface area contributed by atoms with Crippen molar-refractivity contribution in [2.24, 2.45) is 5.73 Å². The molecular formula is C12H12N2O3S. The van der Waals surface area contributed by atoms with Gasteiger partial charge in [-0.15, -0.1) is 11.8 Å². The molecule has 1 aromatic rings. The molecule has 1 heterocycles. The normalized spacial score (nSPS) is 16.1. The van der Waals surface area contributed by atoms with Crippen LogP contribution in [0.4, 0.5) is 5.69 Å². The van der Waals surface area contributed by atoms with Crippen LogP contribution in [0.25, 0.3) is 0 Å². The van der Waals surface area contributed by atoms with Crippen LogP contribution in [0.15, 0.2) is 23.1 Å². The molecule has 0 bridgehead atoms. The monoisotopic (exact) mass is 264 g/mol. The van der Waals surface area contributed by atoms with Crippen LogP contribution in [0.1, 0.15) is 17.3 Å². The van der Waals surface area contributed by atoms with Crippen LogP contribution in [-0.2, 0) is 9.59 Å². The van der Waals surface area contributed by atoms with E-state index in [1.54, 1.807) is 25.1 Å². The number of rotatable bonds is 3. The minimum absolute atomic E-state index is 0.155. The maximum Gasteiger partial charge on any atom is 0.240 e. The summed E-state index contributed by atoms with van der Waals surface area (Å²) in [4.78, 5) is 36.0. The van der Waals surface area contributed by atoms with Gasteiger partial charge in [-0.1, -0.05) is 0 Å². The Bertz CT molecular complexity index is 530. The van der Waals surface area contributed by atoms with Crippen molar-refractivity contribution in [1.82, 2.24) is 0 Å². The first kappa shape index (κ1) is 12.6. The molecule has 6 heteroatoms. The van der Waals surface area contributed by atoms with E-state index in [4.69, 9.17) is 5.73 Å². The van der Waals surface area contributed by atoms with E-state index in [0.717, 1.165) is 11.2 Å². The second-order valence-corrected chi connectivity index (χ2v) is 4.99. The highest BCUT2D eigenvalue weighted by Gasteiger charge is 2.31. The van der Waals surface area contributed by atoms with Crippen LogP contribution in [0, 0.1) is 0 Å². The summed E-state index contributed by atoms with van der Waals surface area (Å²) in [6, 6.07) is 4.30. The van der Waals surface area contributed by atoms with Crippen molar-refractivity contribution >= 4 is 35.5 Å². The highest BCUT2D eigenvalue weighted by Crippen LogP contribution is 2.36. The Labute approximate surface area is 108 Å². The van der Waals surface area contributed by atoms with Crippen LogP contribution in [-0.4, -0.2) is 29.9 Å². The fraction of sp³-hybridized carbons (Fsp3) is 0.250. The van der Waals surface area contributed by atoms with Gasteiger partial charge in [-0.2, -0.15) is 0 Å². The van der Waals surface area contributed by atoms with Gasteiger partial charge >= 0.3 is 0 Å². The number of aldehydes is 1. The molecule has 0 radical (unpaired) electrons. The van der Waals surface area contributed by atoms with Crippen LogP contribution in [0.3, 0.4) is 0 Å². The maximum absolute atomic E-state index is 11.9. The van der Waals surface area contributed by atoms with Gasteiger partial charge < -0.3 is 5.73 Å². The number of carbonyl (C=O) groups excluding carboxylic acids is 3. The van der Waals surface area contributed by atoms with Crippen molar-refractivity contribution in [3.05, 3.63) is 23.8 Å². The number of primary amides is 1. The molecule has 1 aromatic carbocycles. The molecule has 5 nitrogen and oxygen atoms in total. The predicted octanol–water partition coefficient (Wildman–Crippen LogP) is 0.812. The van der Waals surface area contributed by atoms with Crippen molar-refractivity contribution in [2.45, 2.75) is 17.9 Å². The van der Waals surface area contributed by atoms with Crippen molar-refractivity contribution in [3.63, 3.8) is 0 Å². The number of hydrogen-bond donors (Lipinski definition) is 1. The third kappa shape index (κ3) is 2.11. The van der Waals surface area contributed by atoms with Crippen molar-refractivity contribution < 1.29 is 14.4 Å². The summed E-state index contributed by atoms with van der Waals surface area (Å²) in [7, 11) is 0. The van der Waals surface area contributed by atoms with E-state index in [1.165, 1.54) is 16.7 Å². The number of thioether (sulfide) groups is 1. The van der Waals surface area contributed by atoms with Gasteiger partial charge in [0.15, 0.2) is 0 Å². The topological polar surface area (TPSA) is 80.5 Å². The number of fused-ring (bicyclic) bond motifs is 1. The third-order valence-electron chi connectivity index (χ3n) is 2.80. The lowest BCUT2D eigenvalue weighted by Gasteiger charge is -2.32. The van der Waals surface area contributed by atoms with Crippen molar-refractivity contribution in [3.8, 4) is 0 Å². The van der Waals surface area contributed by atoms with Gasteiger partial charge in [0.2, 0.25) is 11.8 Å². The second-order valence-electron chi connectivity index (χ2n) is 3.98. The summed E-state index contributed by atoms with van der Waals surface area (Å²) in [6.07, 6.45) is 0.749. The molecule has 2 rings (SSSR count). The molecule has 0 saturated carbocycles. The van der Waals surface area contributed by atoms with E-state index in [2.05, 4.69) is 0 Å². The SMILES string of the molecule is CC(C(N)=O)N1C(=O)CSc2cc(C=O)ccc21. The van der Waals surface area contributed by atoms with Gasteiger partial charge in [-0.3, -0.25) is 19.3 Å². The molecule has 18 heavy (non-hydrogen) atoms. The van der Waals surface area contributed by atoms with Crippen molar-refractivity contribution in [2.75, 3.05) is 10.7 Å². The molecule has 0 spiro atoms. The largest absolute Gasteiger partial charge is 0.368 e. The minimum atomic E-state index is -0.695. The zero-order valence-electron chi connectivity index (χ0n) is 9.75. The van der Waals surface area contributed by atoms with Crippen LogP contribution < -0.4 is 10.6 Å². The first-order valence-electron chi connectivity index (χ1n) is 5.38. The number of nitrogens with zero attached hydrogens (tertiary/aromatic N) is 1. The standard InChI is InChI=1S/C12H12N2O3S/c1-7(12(13)17)14-9-3-2-8(5-15)4-10(9)18-6-11(14)16/h2-5,7H,6H2,1H3,(H2,13,17).